The van der Waals surface area contributed by atoms with Crippen molar-refractivity contribution >= 4 is 11.9 Å². The van der Waals surface area contributed by atoms with E-state index in [0.29, 0.717) is 40.9 Å². The highest BCUT2D eigenvalue weighted by molar-refractivity contribution is 5.98. The Morgan fingerprint density at radius 2 is 1.40 bits per heavy atom. The van der Waals surface area contributed by atoms with Gasteiger partial charge in [-0.15, -0.1) is 0 Å². The Kier molecular flexibility index (Phi) is 8.50. The van der Waals surface area contributed by atoms with Gasteiger partial charge in [0.1, 0.15) is 0 Å². The van der Waals surface area contributed by atoms with Crippen LogP contribution >= 0.6 is 0 Å². The number of rotatable bonds is 4. The molecule has 6 aliphatic rings. The van der Waals surface area contributed by atoms with Crippen molar-refractivity contribution in [2.45, 2.75) is 126 Å². The summed E-state index contributed by atoms with van der Waals surface area (Å²) in [5.41, 5.74) is 4.80. The minimum atomic E-state index is -0.377. The van der Waals surface area contributed by atoms with Crippen molar-refractivity contribution in [2.24, 2.45) is 62.6 Å². The van der Waals surface area contributed by atoms with E-state index in [-0.39, 0.29) is 50.8 Å². The Bertz CT molecular complexity index is 1380. The first kappa shape index (κ1) is 34.8. The van der Waals surface area contributed by atoms with Crippen molar-refractivity contribution in [1.82, 2.24) is 5.32 Å². The van der Waals surface area contributed by atoms with Gasteiger partial charge in [-0.3, -0.25) is 0 Å². The molecule has 5 aliphatic carbocycles. The topological polar surface area (TPSA) is 73.9 Å². The van der Waals surface area contributed by atoms with Gasteiger partial charge in [-0.25, -0.2) is 9.59 Å². The minimum absolute atomic E-state index is 0.0485. The molecule has 0 amide bonds. The van der Waals surface area contributed by atoms with Crippen molar-refractivity contribution in [2.75, 3.05) is 21.3 Å². The molecule has 0 bridgehead atoms. The fourth-order valence-electron chi connectivity index (χ4n) is 13.8. The highest BCUT2D eigenvalue weighted by atomic mass is 16.5. The number of ether oxygens (including phenoxy) is 3. The molecule has 1 aliphatic heterocycles. The first-order chi connectivity index (χ1) is 22.0. The number of methoxy groups -OCH3 is 3. The van der Waals surface area contributed by atoms with Gasteiger partial charge in [0, 0.05) is 24.4 Å². The molecule has 262 valence electrons. The van der Waals surface area contributed by atoms with Crippen LogP contribution in [0.3, 0.4) is 0 Å². The van der Waals surface area contributed by atoms with Gasteiger partial charge in [0.2, 0.25) is 0 Å². The van der Waals surface area contributed by atoms with Crippen molar-refractivity contribution in [3.05, 3.63) is 34.2 Å². The summed E-state index contributed by atoms with van der Waals surface area (Å²) in [6.45, 7) is 21.7. The second-order valence-corrected chi connectivity index (χ2v) is 18.1. The van der Waals surface area contributed by atoms with Crippen molar-refractivity contribution < 1.29 is 23.8 Å². The van der Waals surface area contributed by atoms with Gasteiger partial charge in [0.05, 0.1) is 31.5 Å². The number of hydrogen-bond donors (Lipinski definition) is 1. The summed E-state index contributed by atoms with van der Waals surface area (Å²) < 4.78 is 17.1. The summed E-state index contributed by atoms with van der Waals surface area (Å²) in [5.74, 6) is 1.44. The number of allylic oxidation sites excluding steroid dienone is 4. The van der Waals surface area contributed by atoms with Crippen LogP contribution in [0.4, 0.5) is 0 Å². The number of carbonyl (C=O) groups is 2. The zero-order valence-corrected chi connectivity index (χ0v) is 31.5. The molecular formula is C41H63NO5. The van der Waals surface area contributed by atoms with Crippen LogP contribution in [0.5, 0.6) is 0 Å². The standard InChI is InChI=1S/C41H63NO5/c1-23-15-20-41(34-31(35(43)46-11)25(3)42-26(4)32(34)36(44)47-12)22-21-39(8)27(33(41)24(23)2)13-14-29-38(7)18-17-30(45-10)37(5,6)28(38)16-19-40(29,39)9/h13,23-24,28-30,33-34,42H,14-22H2,1-12H3/t23-,24+,28?,29-,30+,33+,38+,39-,40-,41+/m1/s1. The zero-order valence-electron chi connectivity index (χ0n) is 31.5. The third kappa shape index (κ3) is 4.50. The highest BCUT2D eigenvalue weighted by Gasteiger charge is 2.70. The summed E-state index contributed by atoms with van der Waals surface area (Å²) >= 11 is 0. The predicted octanol–water partition coefficient (Wildman–Crippen LogP) is 8.77. The molecule has 47 heavy (non-hydrogen) atoms. The minimum Gasteiger partial charge on any atom is -0.466 e. The maximum Gasteiger partial charge on any atom is 0.336 e. The summed E-state index contributed by atoms with van der Waals surface area (Å²) in [5, 5.41) is 3.38. The van der Waals surface area contributed by atoms with Gasteiger partial charge in [-0.2, -0.15) is 0 Å². The van der Waals surface area contributed by atoms with E-state index < -0.39 is 0 Å². The quantitative estimate of drug-likeness (QED) is 0.243. The zero-order chi connectivity index (χ0) is 34.5. The monoisotopic (exact) mass is 649 g/mol. The lowest BCUT2D eigenvalue weighted by molar-refractivity contribution is -0.209. The first-order valence-corrected chi connectivity index (χ1v) is 18.6. The molecule has 1 N–H and O–H groups in total. The fraction of sp³-hybridized carbons (Fsp3) is 0.805. The SMILES string of the molecule is COC(=O)C1=C(C)NC(C)=C(C(=O)OC)C1[C@]12CC[C@@H](C)[C@H](C)[C@H]1C1=CC[C@@H]3[C@@]4(C)CC[C@H](OC)C(C)(C)C4CC[C@@]3(C)[C@]1(C)CC2. The predicted molar refractivity (Wildman–Crippen MR) is 186 cm³/mol. The molecule has 0 radical (unpaired) electrons. The average molecular weight is 650 g/mol. The molecule has 6 rings (SSSR count). The molecule has 1 heterocycles. The van der Waals surface area contributed by atoms with E-state index in [1.54, 1.807) is 5.57 Å². The van der Waals surface area contributed by atoms with Crippen LogP contribution in [0.15, 0.2) is 34.2 Å². The van der Waals surface area contributed by atoms with Gasteiger partial charge in [-0.1, -0.05) is 60.1 Å². The molecular weight excluding hydrogens is 586 g/mol. The molecule has 0 aromatic heterocycles. The van der Waals surface area contributed by atoms with E-state index >= 15 is 0 Å². The molecule has 0 spiro atoms. The van der Waals surface area contributed by atoms with Crippen LogP contribution in [-0.2, 0) is 23.8 Å². The summed E-state index contributed by atoms with van der Waals surface area (Å²) in [4.78, 5) is 27.5. The number of esters is 2. The number of dihydropyridines is 1. The van der Waals surface area contributed by atoms with Gasteiger partial charge in [0.15, 0.2) is 0 Å². The lowest BCUT2D eigenvalue weighted by atomic mass is 9.32. The number of hydrogen-bond acceptors (Lipinski definition) is 6. The summed E-state index contributed by atoms with van der Waals surface area (Å²) in [6, 6.07) is 0. The van der Waals surface area contributed by atoms with Gasteiger partial charge in [0.25, 0.3) is 0 Å². The van der Waals surface area contributed by atoms with E-state index in [2.05, 4.69) is 59.9 Å². The summed E-state index contributed by atoms with van der Waals surface area (Å²) in [7, 11) is 4.83. The maximum atomic E-state index is 13.7. The highest BCUT2D eigenvalue weighted by Crippen LogP contribution is 2.77. The molecule has 0 saturated heterocycles. The number of nitrogens with one attached hydrogen (secondary N) is 1. The average Bonchev–Trinajstić information content (AvgIpc) is 3.02. The van der Waals surface area contributed by atoms with Gasteiger partial charge in [-0.05, 0) is 128 Å². The maximum absolute atomic E-state index is 13.7. The number of fused-ring (bicyclic) bond motifs is 7. The Morgan fingerprint density at radius 3 is 1.98 bits per heavy atom. The van der Waals surface area contributed by atoms with E-state index in [1.807, 2.05) is 21.0 Å². The third-order valence-corrected chi connectivity index (χ3v) is 16.4. The van der Waals surface area contributed by atoms with Gasteiger partial charge < -0.3 is 19.5 Å². The van der Waals surface area contributed by atoms with Crippen LogP contribution in [0.25, 0.3) is 0 Å². The van der Waals surface area contributed by atoms with Crippen molar-refractivity contribution in [3.63, 3.8) is 0 Å². The smallest absolute Gasteiger partial charge is 0.336 e. The largest absolute Gasteiger partial charge is 0.466 e. The Labute approximate surface area is 284 Å². The fourth-order valence-corrected chi connectivity index (χ4v) is 13.8. The first-order valence-electron chi connectivity index (χ1n) is 18.6. The van der Waals surface area contributed by atoms with Gasteiger partial charge >= 0.3 is 11.9 Å². The van der Waals surface area contributed by atoms with Crippen LogP contribution in [0.2, 0.25) is 0 Å². The molecule has 6 nitrogen and oxygen atoms in total. The Balaban J connectivity index is 1.52. The van der Waals surface area contributed by atoms with Crippen molar-refractivity contribution in [3.8, 4) is 0 Å². The lowest BCUT2D eigenvalue weighted by Crippen LogP contribution is -2.65. The molecule has 1 unspecified atom stereocenters. The summed E-state index contributed by atoms with van der Waals surface area (Å²) in [6.07, 6.45) is 13.1. The molecule has 0 aromatic rings. The van der Waals surface area contributed by atoms with Crippen LogP contribution in [0, 0.1) is 62.6 Å². The van der Waals surface area contributed by atoms with E-state index in [1.165, 1.54) is 33.5 Å². The Hall–Kier alpha value is -2.08. The third-order valence-electron chi connectivity index (χ3n) is 16.4. The van der Waals surface area contributed by atoms with E-state index in [4.69, 9.17) is 14.2 Å². The number of carbonyl (C=O) groups excluding carboxylic acids is 2. The second kappa shape index (κ2) is 11.5. The van der Waals surface area contributed by atoms with Crippen LogP contribution in [-0.4, -0.2) is 39.4 Å². The molecule has 0 aromatic carbocycles. The molecule has 10 atom stereocenters. The normalized spacial score (nSPS) is 44.6. The molecule has 4 saturated carbocycles. The molecule has 4 fully saturated rings. The molecule has 6 heteroatoms. The van der Waals surface area contributed by atoms with Crippen LogP contribution < -0.4 is 5.32 Å². The van der Waals surface area contributed by atoms with E-state index in [9.17, 15) is 9.59 Å². The lowest BCUT2D eigenvalue weighted by Gasteiger charge is -2.72. The van der Waals surface area contributed by atoms with E-state index in [0.717, 1.165) is 49.9 Å². The van der Waals surface area contributed by atoms with Crippen molar-refractivity contribution in [1.29, 1.82) is 0 Å². The van der Waals surface area contributed by atoms with Crippen LogP contribution in [0.1, 0.15) is 120 Å². The second-order valence-electron chi connectivity index (χ2n) is 18.1. The Morgan fingerprint density at radius 1 is 0.787 bits per heavy atom.